The minimum Gasteiger partial charge on any atom is -0.494 e. The lowest BCUT2D eigenvalue weighted by atomic mass is 10.1. The van der Waals surface area contributed by atoms with E-state index in [0.29, 0.717) is 26.4 Å². The Labute approximate surface area is 216 Å². The Kier molecular flexibility index (Phi) is 16.1. The van der Waals surface area contributed by atoms with Gasteiger partial charge >= 0.3 is 0 Å². The highest BCUT2D eigenvalue weighted by atomic mass is 16.5. The minimum absolute atomic E-state index is 0.0502. The summed E-state index contributed by atoms with van der Waals surface area (Å²) in [6.07, 6.45) is 10.5. The number of nitrogens with two attached hydrogens (primary N) is 1. The van der Waals surface area contributed by atoms with Crippen LogP contribution in [0, 0.1) is 5.41 Å². The van der Waals surface area contributed by atoms with E-state index in [4.69, 9.17) is 35.2 Å². The van der Waals surface area contributed by atoms with Gasteiger partial charge < -0.3 is 29.8 Å². The van der Waals surface area contributed by atoms with Crippen LogP contribution in [0.3, 0.4) is 0 Å². The Morgan fingerprint density at radius 2 is 1.08 bits per heavy atom. The average molecular weight is 501 g/mol. The molecule has 0 heterocycles. The molecule has 2 aromatic carbocycles. The minimum atomic E-state index is 0.0502. The Bertz CT molecular complexity index is 811. The van der Waals surface area contributed by atoms with Crippen molar-refractivity contribution in [3.63, 3.8) is 0 Å². The maximum Gasteiger partial charge on any atom is 0.122 e. The third kappa shape index (κ3) is 14.1. The number of hydrogen-bond acceptors (Lipinski definition) is 6. The first-order chi connectivity index (χ1) is 17.7. The van der Waals surface area contributed by atoms with Crippen LogP contribution in [0.4, 0.5) is 0 Å². The van der Waals surface area contributed by atoms with Gasteiger partial charge in [-0.2, -0.15) is 0 Å². The van der Waals surface area contributed by atoms with Crippen molar-refractivity contribution in [3.05, 3.63) is 59.7 Å². The zero-order valence-electron chi connectivity index (χ0n) is 21.6. The molecule has 7 nitrogen and oxygen atoms in total. The summed E-state index contributed by atoms with van der Waals surface area (Å²) < 4.78 is 22.3. The molecule has 0 fully saturated rings. The van der Waals surface area contributed by atoms with Gasteiger partial charge in [-0.25, -0.2) is 0 Å². The fraction of sp³-hybridized carbons (Fsp3) is 0.552. The quantitative estimate of drug-likeness (QED) is 0.118. The van der Waals surface area contributed by atoms with Crippen LogP contribution in [-0.2, 0) is 15.9 Å². The summed E-state index contributed by atoms with van der Waals surface area (Å²) in [7, 11) is 0. The van der Waals surface area contributed by atoms with E-state index in [2.05, 4.69) is 12.1 Å². The molecule has 200 valence electrons. The zero-order chi connectivity index (χ0) is 25.7. The van der Waals surface area contributed by atoms with Crippen molar-refractivity contribution in [1.82, 2.24) is 0 Å². The second kappa shape index (κ2) is 19.6. The van der Waals surface area contributed by atoms with Crippen LogP contribution in [0.1, 0.15) is 62.5 Å². The lowest BCUT2D eigenvalue weighted by Crippen LogP contribution is -2.10. The topological polar surface area (TPSA) is 107 Å². The molecule has 0 aliphatic heterocycles. The maximum atomic E-state index is 8.64. The standard InChI is InChI=1S/C29H44N2O5/c30-29(31)26-11-15-28(16-12-26)36-20-8-6-4-2-1-3-5-7-19-35-27-13-9-25(10-14-27)17-21-33-23-24-34-22-18-32/h9-16,32H,1-8,17-24H2,(H3,30,31). The zero-order valence-corrected chi connectivity index (χ0v) is 21.6. The van der Waals surface area contributed by atoms with Gasteiger partial charge in [0, 0.05) is 5.56 Å². The van der Waals surface area contributed by atoms with Gasteiger partial charge in [0.1, 0.15) is 17.3 Å². The summed E-state index contributed by atoms with van der Waals surface area (Å²) in [6, 6.07) is 15.6. The molecule has 0 amide bonds. The summed E-state index contributed by atoms with van der Waals surface area (Å²) >= 11 is 0. The molecule has 2 aromatic rings. The molecule has 0 aliphatic rings. The van der Waals surface area contributed by atoms with Gasteiger partial charge in [0.05, 0.1) is 46.2 Å². The van der Waals surface area contributed by atoms with Crippen LogP contribution in [0.25, 0.3) is 0 Å². The van der Waals surface area contributed by atoms with Gasteiger partial charge in [0.2, 0.25) is 0 Å². The highest BCUT2D eigenvalue weighted by Gasteiger charge is 2.00. The lowest BCUT2D eigenvalue weighted by Gasteiger charge is -2.08. The molecule has 0 saturated carbocycles. The van der Waals surface area contributed by atoms with Crippen molar-refractivity contribution in [3.8, 4) is 11.5 Å². The largest absolute Gasteiger partial charge is 0.494 e. The molecule has 0 spiro atoms. The van der Waals surface area contributed by atoms with Crippen LogP contribution in [0.5, 0.6) is 11.5 Å². The Hall–Kier alpha value is -2.61. The number of aliphatic hydroxyl groups is 1. The number of rotatable bonds is 22. The van der Waals surface area contributed by atoms with E-state index in [1.54, 1.807) is 0 Å². The maximum absolute atomic E-state index is 8.64. The number of unbranched alkanes of at least 4 members (excludes halogenated alkanes) is 7. The van der Waals surface area contributed by atoms with Gasteiger partial charge in [-0.1, -0.05) is 50.7 Å². The number of amidine groups is 1. The fourth-order valence-corrected chi connectivity index (χ4v) is 3.70. The van der Waals surface area contributed by atoms with Crippen molar-refractivity contribution in [2.75, 3.05) is 46.2 Å². The summed E-state index contributed by atoms with van der Waals surface area (Å²) in [5.74, 6) is 1.84. The van der Waals surface area contributed by atoms with Crippen LogP contribution in [0.2, 0.25) is 0 Å². The molecule has 0 atom stereocenters. The summed E-state index contributed by atoms with van der Waals surface area (Å²) in [5, 5.41) is 16.0. The third-order valence-corrected chi connectivity index (χ3v) is 5.81. The van der Waals surface area contributed by atoms with Crippen molar-refractivity contribution in [2.24, 2.45) is 5.73 Å². The predicted molar refractivity (Wildman–Crippen MR) is 144 cm³/mol. The Morgan fingerprint density at radius 1 is 0.611 bits per heavy atom. The van der Waals surface area contributed by atoms with E-state index in [1.807, 2.05) is 36.4 Å². The van der Waals surface area contributed by atoms with Crippen LogP contribution in [0.15, 0.2) is 48.5 Å². The monoisotopic (exact) mass is 500 g/mol. The van der Waals surface area contributed by atoms with Crippen LogP contribution in [-0.4, -0.2) is 57.2 Å². The van der Waals surface area contributed by atoms with Gasteiger partial charge in [-0.05, 0) is 61.2 Å². The van der Waals surface area contributed by atoms with Crippen molar-refractivity contribution >= 4 is 5.84 Å². The van der Waals surface area contributed by atoms with Gasteiger partial charge in [-0.15, -0.1) is 0 Å². The molecule has 0 unspecified atom stereocenters. The van der Waals surface area contributed by atoms with Gasteiger partial charge in [0.15, 0.2) is 0 Å². The summed E-state index contributed by atoms with van der Waals surface area (Å²) in [4.78, 5) is 0. The predicted octanol–water partition coefficient (Wildman–Crippen LogP) is 5.12. The first-order valence-corrected chi connectivity index (χ1v) is 13.2. The first kappa shape index (κ1) is 29.6. The van der Waals surface area contributed by atoms with E-state index in [-0.39, 0.29) is 12.4 Å². The number of nitrogen functional groups attached to an aromatic ring is 1. The highest BCUT2D eigenvalue weighted by Crippen LogP contribution is 2.15. The van der Waals surface area contributed by atoms with Gasteiger partial charge in [0.25, 0.3) is 0 Å². The Morgan fingerprint density at radius 3 is 1.58 bits per heavy atom. The lowest BCUT2D eigenvalue weighted by molar-refractivity contribution is 0.0340. The number of hydrogen-bond donors (Lipinski definition) is 3. The molecule has 0 saturated heterocycles. The molecular weight excluding hydrogens is 456 g/mol. The summed E-state index contributed by atoms with van der Waals surface area (Å²) in [6.45, 7) is 3.64. The molecule has 2 rings (SSSR count). The third-order valence-electron chi connectivity index (χ3n) is 5.81. The second-order valence-corrected chi connectivity index (χ2v) is 8.81. The molecular formula is C29H44N2O5. The normalized spacial score (nSPS) is 10.9. The molecule has 0 aromatic heterocycles. The number of nitrogens with one attached hydrogen (secondary N) is 1. The van der Waals surface area contributed by atoms with Crippen molar-refractivity contribution < 1.29 is 24.1 Å². The van der Waals surface area contributed by atoms with Crippen LogP contribution < -0.4 is 15.2 Å². The molecule has 0 aliphatic carbocycles. The molecule has 36 heavy (non-hydrogen) atoms. The van der Waals surface area contributed by atoms with Crippen LogP contribution >= 0.6 is 0 Å². The van der Waals surface area contributed by atoms with E-state index in [0.717, 1.165) is 49.5 Å². The van der Waals surface area contributed by atoms with E-state index < -0.39 is 0 Å². The molecule has 0 bridgehead atoms. The smallest absolute Gasteiger partial charge is 0.122 e. The van der Waals surface area contributed by atoms with Gasteiger partial charge in [-0.3, -0.25) is 5.41 Å². The second-order valence-electron chi connectivity index (χ2n) is 8.81. The van der Waals surface area contributed by atoms with Crippen molar-refractivity contribution in [2.45, 2.75) is 57.8 Å². The average Bonchev–Trinajstić information content (AvgIpc) is 2.90. The van der Waals surface area contributed by atoms with E-state index in [1.165, 1.54) is 44.1 Å². The fourth-order valence-electron chi connectivity index (χ4n) is 3.70. The van der Waals surface area contributed by atoms with E-state index in [9.17, 15) is 0 Å². The number of aliphatic hydroxyl groups excluding tert-OH is 1. The molecule has 0 radical (unpaired) electrons. The Balaban J connectivity index is 1.36. The highest BCUT2D eigenvalue weighted by molar-refractivity contribution is 5.94. The summed E-state index contributed by atoms with van der Waals surface area (Å²) in [5.41, 5.74) is 7.41. The number of ether oxygens (including phenoxy) is 4. The number of benzene rings is 2. The SMILES string of the molecule is N=C(N)c1ccc(OCCCCCCCCCCOc2ccc(CCOCCOCCO)cc2)cc1. The molecule has 4 N–H and O–H groups in total. The van der Waals surface area contributed by atoms with E-state index >= 15 is 0 Å². The first-order valence-electron chi connectivity index (χ1n) is 13.2. The molecule has 7 heteroatoms. The van der Waals surface area contributed by atoms with Crippen molar-refractivity contribution in [1.29, 1.82) is 5.41 Å².